The Labute approximate surface area is 127 Å². The van der Waals surface area contributed by atoms with Crippen LogP contribution in [0.2, 0.25) is 0 Å². The molecule has 0 radical (unpaired) electrons. The van der Waals surface area contributed by atoms with Crippen LogP contribution in [0.1, 0.15) is 27.0 Å². The number of nitrogens with zero attached hydrogens (tertiary/aromatic N) is 1. The van der Waals surface area contributed by atoms with Crippen LogP contribution in [0.4, 0.5) is 5.13 Å². The fourth-order valence-electron chi connectivity index (χ4n) is 2.42. The monoisotopic (exact) mass is 296 g/mol. The summed E-state index contributed by atoms with van der Waals surface area (Å²) >= 11 is 1.51. The number of fused-ring (bicyclic) bond motifs is 1. The van der Waals surface area contributed by atoms with Gasteiger partial charge in [0.05, 0.1) is 10.2 Å². The number of anilines is 1. The molecule has 0 aliphatic heterocycles. The van der Waals surface area contributed by atoms with E-state index in [1.165, 1.54) is 16.9 Å². The van der Waals surface area contributed by atoms with Crippen LogP contribution in [0.15, 0.2) is 36.4 Å². The number of hydrogen-bond donors (Lipinski definition) is 1. The summed E-state index contributed by atoms with van der Waals surface area (Å²) in [6, 6.07) is 11.8. The molecule has 0 aliphatic rings. The summed E-state index contributed by atoms with van der Waals surface area (Å²) in [6.07, 6.45) is 0. The standard InChI is InChI=1S/C17H16N2OS/c1-10-8-12(3)15-14(9-10)21-17(18-15)19-16(20)13-7-5-4-6-11(13)2/h4-9H,1-3H3,(H,18,19,20). The van der Waals surface area contributed by atoms with Gasteiger partial charge in [0.2, 0.25) is 0 Å². The third-order valence-corrected chi connectivity index (χ3v) is 4.36. The van der Waals surface area contributed by atoms with Gasteiger partial charge in [0.15, 0.2) is 5.13 Å². The maximum absolute atomic E-state index is 12.3. The van der Waals surface area contributed by atoms with Gasteiger partial charge in [0, 0.05) is 5.56 Å². The summed E-state index contributed by atoms with van der Waals surface area (Å²) in [7, 11) is 0. The molecule has 21 heavy (non-hydrogen) atoms. The van der Waals surface area contributed by atoms with Gasteiger partial charge in [-0.1, -0.05) is 35.6 Å². The summed E-state index contributed by atoms with van der Waals surface area (Å²) in [5.41, 5.74) is 4.96. The maximum Gasteiger partial charge on any atom is 0.257 e. The Hall–Kier alpha value is -2.20. The molecule has 3 nitrogen and oxygen atoms in total. The van der Waals surface area contributed by atoms with Gasteiger partial charge in [0.1, 0.15) is 0 Å². The van der Waals surface area contributed by atoms with E-state index in [1.54, 1.807) is 0 Å². The molecule has 1 amide bonds. The fourth-order valence-corrected chi connectivity index (χ4v) is 3.45. The molecule has 0 saturated heterocycles. The number of aromatic nitrogens is 1. The van der Waals surface area contributed by atoms with Gasteiger partial charge < -0.3 is 0 Å². The van der Waals surface area contributed by atoms with Crippen molar-refractivity contribution in [1.29, 1.82) is 0 Å². The second-order valence-electron chi connectivity index (χ2n) is 5.22. The first-order valence-electron chi connectivity index (χ1n) is 6.79. The van der Waals surface area contributed by atoms with Crippen LogP contribution in [0, 0.1) is 20.8 Å². The maximum atomic E-state index is 12.3. The minimum absolute atomic E-state index is 0.110. The zero-order chi connectivity index (χ0) is 15.0. The second kappa shape index (κ2) is 5.30. The van der Waals surface area contributed by atoms with Gasteiger partial charge in [0.25, 0.3) is 5.91 Å². The molecule has 3 rings (SSSR count). The van der Waals surface area contributed by atoms with E-state index in [4.69, 9.17) is 0 Å². The summed E-state index contributed by atoms with van der Waals surface area (Å²) < 4.78 is 1.10. The first kappa shape index (κ1) is 13.8. The summed E-state index contributed by atoms with van der Waals surface area (Å²) in [5.74, 6) is -0.110. The van der Waals surface area contributed by atoms with E-state index in [0.29, 0.717) is 10.7 Å². The van der Waals surface area contributed by atoms with Crippen LogP contribution < -0.4 is 5.32 Å². The van der Waals surface area contributed by atoms with E-state index in [-0.39, 0.29) is 5.91 Å². The Balaban J connectivity index is 1.94. The van der Waals surface area contributed by atoms with Crippen molar-refractivity contribution in [3.63, 3.8) is 0 Å². The van der Waals surface area contributed by atoms with E-state index >= 15 is 0 Å². The van der Waals surface area contributed by atoms with E-state index in [2.05, 4.69) is 29.4 Å². The number of nitrogens with one attached hydrogen (secondary N) is 1. The molecule has 0 spiro atoms. The zero-order valence-electron chi connectivity index (χ0n) is 12.2. The Morgan fingerprint density at radius 2 is 1.86 bits per heavy atom. The molecule has 1 heterocycles. The molecule has 0 saturated carbocycles. The van der Waals surface area contributed by atoms with Crippen molar-refractivity contribution in [2.45, 2.75) is 20.8 Å². The van der Waals surface area contributed by atoms with Crippen molar-refractivity contribution < 1.29 is 4.79 Å². The van der Waals surface area contributed by atoms with Gasteiger partial charge in [-0.2, -0.15) is 0 Å². The summed E-state index contributed by atoms with van der Waals surface area (Å²) in [5, 5.41) is 3.55. The van der Waals surface area contributed by atoms with E-state index < -0.39 is 0 Å². The predicted molar refractivity (Wildman–Crippen MR) is 88.2 cm³/mol. The lowest BCUT2D eigenvalue weighted by molar-refractivity contribution is 0.102. The molecular weight excluding hydrogens is 280 g/mol. The third-order valence-electron chi connectivity index (χ3n) is 3.44. The Morgan fingerprint density at radius 3 is 2.62 bits per heavy atom. The number of thiazole rings is 1. The summed E-state index contributed by atoms with van der Waals surface area (Å²) in [6.45, 7) is 6.04. The minimum Gasteiger partial charge on any atom is -0.298 e. The van der Waals surface area contributed by atoms with Gasteiger partial charge >= 0.3 is 0 Å². The lowest BCUT2D eigenvalue weighted by atomic mass is 10.1. The van der Waals surface area contributed by atoms with Gasteiger partial charge in [-0.15, -0.1) is 0 Å². The number of benzene rings is 2. The molecule has 0 aliphatic carbocycles. The smallest absolute Gasteiger partial charge is 0.257 e. The lowest BCUT2D eigenvalue weighted by Gasteiger charge is -2.04. The quantitative estimate of drug-likeness (QED) is 0.758. The number of amides is 1. The number of rotatable bonds is 2. The molecule has 0 bridgehead atoms. The number of aryl methyl sites for hydroxylation is 3. The Kier molecular flexibility index (Phi) is 3.47. The first-order chi connectivity index (χ1) is 10.0. The van der Waals surface area contributed by atoms with Gasteiger partial charge in [-0.25, -0.2) is 4.98 Å². The van der Waals surface area contributed by atoms with Crippen molar-refractivity contribution in [3.05, 3.63) is 58.7 Å². The number of carbonyl (C=O) groups is 1. The minimum atomic E-state index is -0.110. The molecule has 1 aromatic heterocycles. The van der Waals surface area contributed by atoms with Crippen LogP contribution in [-0.4, -0.2) is 10.9 Å². The highest BCUT2D eigenvalue weighted by molar-refractivity contribution is 7.22. The average molecular weight is 296 g/mol. The normalized spacial score (nSPS) is 10.8. The molecule has 2 aromatic carbocycles. The van der Waals surface area contributed by atoms with Crippen LogP contribution in [0.5, 0.6) is 0 Å². The highest BCUT2D eigenvalue weighted by atomic mass is 32.1. The molecule has 0 fully saturated rings. The van der Waals surface area contributed by atoms with E-state index in [9.17, 15) is 4.79 Å². The topological polar surface area (TPSA) is 42.0 Å². The SMILES string of the molecule is Cc1cc(C)c2nc(NC(=O)c3ccccc3C)sc2c1. The Morgan fingerprint density at radius 1 is 1.10 bits per heavy atom. The molecule has 106 valence electrons. The van der Waals surface area contributed by atoms with E-state index in [0.717, 1.165) is 21.3 Å². The van der Waals surface area contributed by atoms with E-state index in [1.807, 2.05) is 38.1 Å². The first-order valence-corrected chi connectivity index (χ1v) is 7.61. The molecule has 3 aromatic rings. The van der Waals surface area contributed by atoms with Gasteiger partial charge in [-0.3, -0.25) is 10.1 Å². The van der Waals surface area contributed by atoms with Crippen molar-refractivity contribution in [1.82, 2.24) is 4.98 Å². The largest absolute Gasteiger partial charge is 0.298 e. The third kappa shape index (κ3) is 2.67. The second-order valence-corrected chi connectivity index (χ2v) is 6.25. The number of hydrogen-bond acceptors (Lipinski definition) is 3. The molecule has 4 heteroatoms. The predicted octanol–water partition coefficient (Wildman–Crippen LogP) is 4.47. The molecular formula is C17H16N2OS. The lowest BCUT2D eigenvalue weighted by Crippen LogP contribution is -2.12. The summed E-state index contributed by atoms with van der Waals surface area (Å²) in [4.78, 5) is 16.9. The van der Waals surface area contributed by atoms with Crippen molar-refractivity contribution in [3.8, 4) is 0 Å². The highest BCUT2D eigenvalue weighted by Crippen LogP contribution is 2.29. The Bertz CT molecular complexity index is 836. The van der Waals surface area contributed by atoms with Crippen LogP contribution in [0.25, 0.3) is 10.2 Å². The average Bonchev–Trinajstić information content (AvgIpc) is 2.81. The molecule has 1 N–H and O–H groups in total. The van der Waals surface area contributed by atoms with Crippen molar-refractivity contribution in [2.75, 3.05) is 5.32 Å². The molecule has 0 unspecified atom stereocenters. The molecule has 0 atom stereocenters. The van der Waals surface area contributed by atoms with Crippen molar-refractivity contribution >= 4 is 32.6 Å². The van der Waals surface area contributed by atoms with Crippen LogP contribution in [0.3, 0.4) is 0 Å². The number of carbonyl (C=O) groups excluding carboxylic acids is 1. The van der Waals surface area contributed by atoms with Crippen molar-refractivity contribution in [2.24, 2.45) is 0 Å². The van der Waals surface area contributed by atoms with Gasteiger partial charge in [-0.05, 0) is 49.6 Å². The zero-order valence-corrected chi connectivity index (χ0v) is 13.0. The fraction of sp³-hybridized carbons (Fsp3) is 0.176. The van der Waals surface area contributed by atoms with Crippen LogP contribution in [-0.2, 0) is 0 Å². The highest BCUT2D eigenvalue weighted by Gasteiger charge is 2.12. The van der Waals surface area contributed by atoms with Crippen LogP contribution >= 0.6 is 11.3 Å².